The van der Waals surface area contributed by atoms with Gasteiger partial charge in [0, 0.05) is 6.42 Å². The summed E-state index contributed by atoms with van der Waals surface area (Å²) in [6.07, 6.45) is 0.762. The van der Waals surface area contributed by atoms with E-state index in [0.717, 1.165) is 22.9 Å². The molecule has 0 amide bonds. The third kappa shape index (κ3) is 2.19. The molecule has 0 radical (unpaired) electrons. The summed E-state index contributed by atoms with van der Waals surface area (Å²) in [5.41, 5.74) is 3.17. The molecule has 0 heterocycles. The van der Waals surface area contributed by atoms with Gasteiger partial charge < -0.3 is 5.11 Å². The molecule has 0 aliphatic heterocycles. The Morgan fingerprint density at radius 1 is 0.895 bits per heavy atom. The summed E-state index contributed by atoms with van der Waals surface area (Å²) in [5.74, 6) is 0.419. The Kier molecular flexibility index (Phi) is 2.96. The number of phenolic OH excluding ortho intramolecular Hbond substituents is 1. The highest BCUT2D eigenvalue weighted by Gasteiger charge is 2.09. The summed E-state index contributed by atoms with van der Waals surface area (Å²) >= 11 is 0. The van der Waals surface area contributed by atoms with Crippen LogP contribution in [0.15, 0.2) is 60.7 Å². The molecule has 0 aliphatic rings. The van der Waals surface area contributed by atoms with Crippen molar-refractivity contribution in [3.63, 3.8) is 0 Å². The normalized spacial score (nSPS) is 10.8. The van der Waals surface area contributed by atoms with E-state index < -0.39 is 0 Å². The zero-order valence-electron chi connectivity index (χ0n) is 10.9. The van der Waals surface area contributed by atoms with Crippen LogP contribution in [0.5, 0.6) is 5.75 Å². The van der Waals surface area contributed by atoms with Crippen molar-refractivity contribution in [3.05, 3.63) is 77.4 Å². The molecule has 3 rings (SSSR count). The van der Waals surface area contributed by atoms with E-state index in [0.29, 0.717) is 5.75 Å². The molecule has 0 atom stereocenters. The summed E-state index contributed by atoms with van der Waals surface area (Å²) in [6, 6.07) is 20.5. The fourth-order valence-electron chi connectivity index (χ4n) is 2.54. The molecule has 94 valence electrons. The fraction of sp³-hybridized carbons (Fsp3) is 0.111. The first-order valence-electron chi connectivity index (χ1n) is 6.50. The van der Waals surface area contributed by atoms with Gasteiger partial charge >= 0.3 is 0 Å². The highest BCUT2D eigenvalue weighted by Crippen LogP contribution is 2.31. The van der Waals surface area contributed by atoms with E-state index in [1.165, 1.54) is 10.9 Å². The van der Waals surface area contributed by atoms with E-state index in [1.54, 1.807) is 0 Å². The van der Waals surface area contributed by atoms with Crippen molar-refractivity contribution in [1.29, 1.82) is 0 Å². The monoisotopic (exact) mass is 248 g/mol. The molecule has 1 heteroatoms. The maximum absolute atomic E-state index is 10.4. The lowest BCUT2D eigenvalue weighted by Gasteiger charge is -2.11. The van der Waals surface area contributed by atoms with E-state index in [1.807, 2.05) is 37.3 Å². The van der Waals surface area contributed by atoms with E-state index in [4.69, 9.17) is 0 Å². The Bertz CT molecular complexity index is 714. The van der Waals surface area contributed by atoms with Crippen LogP contribution in [0.2, 0.25) is 0 Å². The number of hydrogen-bond donors (Lipinski definition) is 1. The van der Waals surface area contributed by atoms with Crippen molar-refractivity contribution in [2.24, 2.45) is 0 Å². The molecule has 0 saturated heterocycles. The minimum atomic E-state index is 0.419. The van der Waals surface area contributed by atoms with Crippen LogP contribution in [0.25, 0.3) is 10.8 Å². The second-order valence-corrected chi connectivity index (χ2v) is 4.89. The zero-order chi connectivity index (χ0) is 13.2. The molecule has 3 aromatic carbocycles. The van der Waals surface area contributed by atoms with Gasteiger partial charge in [-0.05, 0) is 40.5 Å². The summed E-state index contributed by atoms with van der Waals surface area (Å²) in [6.45, 7) is 1.98. The van der Waals surface area contributed by atoms with Crippen molar-refractivity contribution < 1.29 is 5.11 Å². The Labute approximate surface area is 113 Å². The topological polar surface area (TPSA) is 20.2 Å². The van der Waals surface area contributed by atoms with Gasteiger partial charge in [-0.3, -0.25) is 0 Å². The lowest BCUT2D eigenvalue weighted by atomic mass is 9.96. The minimum absolute atomic E-state index is 0.419. The Morgan fingerprint density at radius 2 is 1.58 bits per heavy atom. The van der Waals surface area contributed by atoms with Crippen molar-refractivity contribution in [2.75, 3.05) is 0 Å². The quantitative estimate of drug-likeness (QED) is 0.710. The highest BCUT2D eigenvalue weighted by molar-refractivity contribution is 5.88. The predicted octanol–water partition coefficient (Wildman–Crippen LogP) is 4.44. The average Bonchev–Trinajstić information content (AvgIpc) is 2.46. The number of aromatic hydroxyl groups is 1. The van der Waals surface area contributed by atoms with Crippen LogP contribution in [0, 0.1) is 6.92 Å². The zero-order valence-corrected chi connectivity index (χ0v) is 10.9. The van der Waals surface area contributed by atoms with Gasteiger partial charge in [0.05, 0.1) is 0 Å². The Hall–Kier alpha value is -2.28. The van der Waals surface area contributed by atoms with E-state index >= 15 is 0 Å². The molecule has 0 fully saturated rings. The average molecular weight is 248 g/mol. The summed E-state index contributed by atoms with van der Waals surface area (Å²) in [4.78, 5) is 0. The molecule has 0 bridgehead atoms. The number of benzene rings is 3. The van der Waals surface area contributed by atoms with Crippen LogP contribution in [0.4, 0.5) is 0 Å². The number of phenols is 1. The van der Waals surface area contributed by atoms with Crippen LogP contribution < -0.4 is 0 Å². The third-order valence-electron chi connectivity index (χ3n) is 3.59. The SMILES string of the molecule is Cc1c(O)c(Cc2ccccc2)cc2ccccc12. The van der Waals surface area contributed by atoms with Crippen LogP contribution in [0.1, 0.15) is 16.7 Å². The van der Waals surface area contributed by atoms with Gasteiger partial charge in [0.15, 0.2) is 0 Å². The molecule has 0 aromatic heterocycles. The van der Waals surface area contributed by atoms with Gasteiger partial charge in [-0.15, -0.1) is 0 Å². The van der Waals surface area contributed by atoms with Gasteiger partial charge in [-0.2, -0.15) is 0 Å². The maximum Gasteiger partial charge on any atom is 0.122 e. The van der Waals surface area contributed by atoms with E-state index in [9.17, 15) is 5.11 Å². The maximum atomic E-state index is 10.4. The van der Waals surface area contributed by atoms with Crippen LogP contribution in [-0.2, 0) is 6.42 Å². The fourth-order valence-corrected chi connectivity index (χ4v) is 2.54. The summed E-state index contributed by atoms with van der Waals surface area (Å²) in [7, 11) is 0. The molecule has 0 unspecified atom stereocenters. The smallest absolute Gasteiger partial charge is 0.122 e. The van der Waals surface area contributed by atoms with Crippen molar-refractivity contribution >= 4 is 10.8 Å². The van der Waals surface area contributed by atoms with Crippen molar-refractivity contribution in [2.45, 2.75) is 13.3 Å². The second kappa shape index (κ2) is 4.77. The minimum Gasteiger partial charge on any atom is -0.507 e. The molecule has 1 nitrogen and oxygen atoms in total. The first-order valence-corrected chi connectivity index (χ1v) is 6.50. The van der Waals surface area contributed by atoms with E-state index in [-0.39, 0.29) is 0 Å². The Morgan fingerprint density at radius 3 is 2.37 bits per heavy atom. The molecule has 1 N–H and O–H groups in total. The van der Waals surface area contributed by atoms with Crippen molar-refractivity contribution in [1.82, 2.24) is 0 Å². The summed E-state index contributed by atoms with van der Waals surface area (Å²) in [5, 5.41) is 12.7. The largest absolute Gasteiger partial charge is 0.507 e. The molecule has 0 aliphatic carbocycles. The van der Waals surface area contributed by atoms with Crippen LogP contribution >= 0.6 is 0 Å². The molecular formula is C18H16O. The van der Waals surface area contributed by atoms with Crippen LogP contribution in [-0.4, -0.2) is 5.11 Å². The first-order chi connectivity index (χ1) is 9.25. The third-order valence-corrected chi connectivity index (χ3v) is 3.59. The molecule has 0 spiro atoms. The number of aryl methyl sites for hydroxylation is 1. The second-order valence-electron chi connectivity index (χ2n) is 4.89. The van der Waals surface area contributed by atoms with Gasteiger partial charge in [0.1, 0.15) is 5.75 Å². The number of rotatable bonds is 2. The standard InChI is InChI=1S/C18H16O/c1-13-17-10-6-5-9-15(17)12-16(18(13)19)11-14-7-3-2-4-8-14/h2-10,12,19H,11H2,1H3. The van der Waals surface area contributed by atoms with Crippen molar-refractivity contribution in [3.8, 4) is 5.75 Å². The first kappa shape index (κ1) is 11.8. The molecular weight excluding hydrogens is 232 g/mol. The van der Waals surface area contributed by atoms with Gasteiger partial charge in [0.2, 0.25) is 0 Å². The number of fused-ring (bicyclic) bond motifs is 1. The summed E-state index contributed by atoms with van der Waals surface area (Å²) < 4.78 is 0. The molecule has 0 saturated carbocycles. The predicted molar refractivity (Wildman–Crippen MR) is 79.6 cm³/mol. The highest BCUT2D eigenvalue weighted by atomic mass is 16.3. The number of hydrogen-bond acceptors (Lipinski definition) is 1. The molecule has 19 heavy (non-hydrogen) atoms. The lowest BCUT2D eigenvalue weighted by Crippen LogP contribution is -1.92. The molecule has 3 aromatic rings. The lowest BCUT2D eigenvalue weighted by molar-refractivity contribution is 0.466. The van der Waals surface area contributed by atoms with Crippen LogP contribution in [0.3, 0.4) is 0 Å². The van der Waals surface area contributed by atoms with Gasteiger partial charge in [-0.1, -0.05) is 54.6 Å². The van der Waals surface area contributed by atoms with E-state index in [2.05, 4.69) is 30.3 Å². The Balaban J connectivity index is 2.11. The van der Waals surface area contributed by atoms with Gasteiger partial charge in [-0.25, -0.2) is 0 Å². The van der Waals surface area contributed by atoms with Gasteiger partial charge in [0.25, 0.3) is 0 Å².